The number of hydrogen-bond donors (Lipinski definition) is 0. The highest BCUT2D eigenvalue weighted by Gasteiger charge is 2.24. The molecule has 0 aliphatic carbocycles. The van der Waals surface area contributed by atoms with Crippen molar-refractivity contribution in [1.29, 1.82) is 0 Å². The molecule has 0 heterocycles. The number of halogens is 1. The van der Waals surface area contributed by atoms with Crippen LogP contribution in [-0.4, -0.2) is 0 Å². The van der Waals surface area contributed by atoms with Crippen LogP contribution in [0.5, 0.6) is 0 Å². The predicted octanol–water partition coefficient (Wildman–Crippen LogP) is 6.89. The van der Waals surface area contributed by atoms with Gasteiger partial charge in [-0.3, -0.25) is 0 Å². The first-order chi connectivity index (χ1) is 15.6. The Kier molecular flexibility index (Phi) is 7.64. The van der Waals surface area contributed by atoms with Crippen molar-refractivity contribution in [3.8, 4) is 0 Å². The molecule has 0 aliphatic heterocycles. The van der Waals surface area contributed by atoms with Crippen LogP contribution >= 0.6 is 15.8 Å². The van der Waals surface area contributed by atoms with Gasteiger partial charge in [0.15, 0.2) is 0 Å². The van der Waals surface area contributed by atoms with Crippen molar-refractivity contribution < 1.29 is 4.39 Å². The van der Waals surface area contributed by atoms with Gasteiger partial charge in [0, 0.05) is 5.30 Å². The number of benzene rings is 4. The standard InChI is InChI=1S/C29H27FP2/c1-23(2)29(32(25-16-8-4-9-17-25)26-18-10-5-11-19-26)22-31(24-14-6-3-7-15-24)28-21-13-12-20-27(28)30/h3-23H,1-2H3/b29-22-. The van der Waals surface area contributed by atoms with Crippen LogP contribution in [0.15, 0.2) is 126 Å². The van der Waals surface area contributed by atoms with E-state index in [1.807, 2.05) is 30.3 Å². The molecule has 0 aliphatic rings. The maximum Gasteiger partial charge on any atom is 0.131 e. The molecule has 4 aromatic rings. The normalized spacial score (nSPS) is 12.8. The monoisotopic (exact) mass is 456 g/mol. The first-order valence-electron chi connectivity index (χ1n) is 10.9. The van der Waals surface area contributed by atoms with Crippen molar-refractivity contribution in [3.05, 3.63) is 132 Å². The maximum atomic E-state index is 15.0. The fourth-order valence-corrected chi connectivity index (χ4v) is 9.05. The van der Waals surface area contributed by atoms with E-state index >= 15 is 4.39 Å². The fraction of sp³-hybridized carbons (Fsp3) is 0.103. The molecule has 160 valence electrons. The summed E-state index contributed by atoms with van der Waals surface area (Å²) in [4.78, 5) is 0. The smallest absolute Gasteiger partial charge is 0.131 e. The Morgan fingerprint density at radius 1 is 0.625 bits per heavy atom. The Balaban J connectivity index is 1.93. The highest BCUT2D eigenvalue weighted by molar-refractivity contribution is 7.80. The van der Waals surface area contributed by atoms with Gasteiger partial charge < -0.3 is 0 Å². The van der Waals surface area contributed by atoms with E-state index in [1.54, 1.807) is 12.1 Å². The van der Waals surface area contributed by atoms with Gasteiger partial charge in [-0.05, 0) is 54.9 Å². The van der Waals surface area contributed by atoms with Gasteiger partial charge in [0.1, 0.15) is 5.82 Å². The van der Waals surface area contributed by atoms with Crippen molar-refractivity contribution >= 4 is 37.1 Å². The number of rotatable bonds is 7. The van der Waals surface area contributed by atoms with Gasteiger partial charge in [0.05, 0.1) is 0 Å². The van der Waals surface area contributed by atoms with E-state index in [4.69, 9.17) is 0 Å². The van der Waals surface area contributed by atoms with Crippen LogP contribution in [0.3, 0.4) is 0 Å². The zero-order valence-corrected chi connectivity index (χ0v) is 20.2. The van der Waals surface area contributed by atoms with Crippen molar-refractivity contribution in [2.24, 2.45) is 5.92 Å². The zero-order chi connectivity index (χ0) is 22.3. The quantitative estimate of drug-likeness (QED) is 0.266. The molecule has 0 amide bonds. The van der Waals surface area contributed by atoms with Crippen LogP contribution < -0.4 is 21.2 Å². The van der Waals surface area contributed by atoms with E-state index < -0.39 is 15.8 Å². The summed E-state index contributed by atoms with van der Waals surface area (Å²) in [6.45, 7) is 4.51. The summed E-state index contributed by atoms with van der Waals surface area (Å²) in [5.74, 6) is 2.59. The zero-order valence-electron chi connectivity index (χ0n) is 18.4. The molecule has 0 nitrogen and oxygen atoms in total. The van der Waals surface area contributed by atoms with Crippen LogP contribution in [0.25, 0.3) is 0 Å². The van der Waals surface area contributed by atoms with Gasteiger partial charge in [0.25, 0.3) is 0 Å². The molecule has 1 atom stereocenters. The van der Waals surface area contributed by atoms with Crippen LogP contribution in [-0.2, 0) is 0 Å². The summed E-state index contributed by atoms with van der Waals surface area (Å²) < 4.78 is 15.0. The Morgan fingerprint density at radius 2 is 1.06 bits per heavy atom. The van der Waals surface area contributed by atoms with Crippen LogP contribution in [0.4, 0.5) is 4.39 Å². The molecule has 3 heteroatoms. The van der Waals surface area contributed by atoms with E-state index in [1.165, 1.54) is 21.2 Å². The van der Waals surface area contributed by atoms with E-state index in [2.05, 4.69) is 92.5 Å². The van der Waals surface area contributed by atoms with E-state index in [-0.39, 0.29) is 5.82 Å². The average molecular weight is 456 g/mol. The largest absolute Gasteiger partial charge is 0.206 e. The minimum Gasteiger partial charge on any atom is -0.206 e. The molecule has 4 aromatic carbocycles. The van der Waals surface area contributed by atoms with Gasteiger partial charge in [-0.1, -0.05) is 123 Å². The predicted molar refractivity (Wildman–Crippen MR) is 141 cm³/mol. The van der Waals surface area contributed by atoms with Crippen molar-refractivity contribution in [1.82, 2.24) is 0 Å². The lowest BCUT2D eigenvalue weighted by Crippen LogP contribution is -2.17. The number of hydrogen-bond acceptors (Lipinski definition) is 0. The molecule has 0 spiro atoms. The average Bonchev–Trinajstić information content (AvgIpc) is 2.84. The molecule has 0 aromatic heterocycles. The molecule has 0 saturated carbocycles. The topological polar surface area (TPSA) is 0 Å². The summed E-state index contributed by atoms with van der Waals surface area (Å²) in [5, 5.41) is 5.98. The molecule has 1 unspecified atom stereocenters. The van der Waals surface area contributed by atoms with E-state index in [0.717, 1.165) is 5.30 Å². The van der Waals surface area contributed by atoms with Crippen molar-refractivity contribution in [3.63, 3.8) is 0 Å². The van der Waals surface area contributed by atoms with Crippen LogP contribution in [0.1, 0.15) is 13.8 Å². The third-order valence-corrected chi connectivity index (χ3v) is 10.6. The second kappa shape index (κ2) is 10.8. The van der Waals surface area contributed by atoms with Crippen molar-refractivity contribution in [2.45, 2.75) is 13.8 Å². The van der Waals surface area contributed by atoms with Gasteiger partial charge in [-0.25, -0.2) is 4.39 Å². The van der Waals surface area contributed by atoms with Crippen LogP contribution in [0, 0.1) is 11.7 Å². The third kappa shape index (κ3) is 5.24. The lowest BCUT2D eigenvalue weighted by molar-refractivity contribution is 0.636. The second-order valence-corrected chi connectivity index (χ2v) is 12.1. The first-order valence-corrected chi connectivity index (χ1v) is 13.6. The van der Waals surface area contributed by atoms with Gasteiger partial charge in [0.2, 0.25) is 0 Å². The van der Waals surface area contributed by atoms with E-state index in [9.17, 15) is 0 Å². The fourth-order valence-electron chi connectivity index (χ4n) is 3.72. The van der Waals surface area contributed by atoms with Crippen LogP contribution in [0.2, 0.25) is 0 Å². The molecule has 0 bridgehead atoms. The number of allylic oxidation sites excluding steroid dienone is 1. The lowest BCUT2D eigenvalue weighted by Gasteiger charge is -2.27. The van der Waals surface area contributed by atoms with E-state index in [0.29, 0.717) is 5.92 Å². The summed E-state index contributed by atoms with van der Waals surface area (Å²) in [6, 6.07) is 39.1. The Labute approximate surface area is 193 Å². The minimum atomic E-state index is -0.978. The summed E-state index contributed by atoms with van der Waals surface area (Å²) >= 11 is 0. The first kappa shape index (κ1) is 22.6. The molecule has 0 radical (unpaired) electrons. The summed E-state index contributed by atoms with van der Waals surface area (Å²) in [7, 11) is -1.70. The highest BCUT2D eigenvalue weighted by Crippen LogP contribution is 2.51. The second-order valence-electron chi connectivity index (χ2n) is 7.87. The van der Waals surface area contributed by atoms with Gasteiger partial charge in [-0.15, -0.1) is 0 Å². The molecular weight excluding hydrogens is 429 g/mol. The SMILES string of the molecule is CC(C)/C(=C/P(c1ccccc1)c1ccccc1F)P(c1ccccc1)c1ccccc1. The summed E-state index contributed by atoms with van der Waals surface area (Å²) in [6.07, 6.45) is 0. The highest BCUT2D eigenvalue weighted by atomic mass is 31.1. The Morgan fingerprint density at radius 3 is 1.53 bits per heavy atom. The molecular formula is C29H27FP2. The van der Waals surface area contributed by atoms with Gasteiger partial charge >= 0.3 is 0 Å². The lowest BCUT2D eigenvalue weighted by atomic mass is 10.2. The minimum absolute atomic E-state index is 0.134. The maximum absolute atomic E-state index is 15.0. The Bertz CT molecular complexity index is 1120. The summed E-state index contributed by atoms with van der Waals surface area (Å²) in [5.41, 5.74) is 0. The molecule has 4 rings (SSSR count). The molecule has 0 saturated heterocycles. The molecule has 32 heavy (non-hydrogen) atoms. The molecule has 0 fully saturated rings. The molecule has 0 N–H and O–H groups in total. The Hall–Kier alpha value is -2.59. The van der Waals surface area contributed by atoms with Crippen molar-refractivity contribution in [2.75, 3.05) is 0 Å². The third-order valence-electron chi connectivity index (χ3n) is 5.29. The van der Waals surface area contributed by atoms with Gasteiger partial charge in [-0.2, -0.15) is 0 Å².